The molecule has 0 aromatic carbocycles. The van der Waals surface area contributed by atoms with Crippen molar-refractivity contribution in [1.82, 2.24) is 20.2 Å². The number of hydrogen-bond donors (Lipinski definition) is 3. The highest BCUT2D eigenvalue weighted by molar-refractivity contribution is 5.83. The number of carbonyl (C=O) groups is 2. The predicted octanol–water partition coefficient (Wildman–Crippen LogP) is 0.989. The quantitative estimate of drug-likeness (QED) is 0.698. The fourth-order valence-electron chi connectivity index (χ4n) is 2.41. The van der Waals surface area contributed by atoms with Crippen LogP contribution in [-0.4, -0.2) is 50.6 Å². The molecule has 2 amide bonds. The van der Waals surface area contributed by atoms with E-state index >= 15 is 0 Å². The number of carboxylic acid groups (broad SMARTS) is 1. The summed E-state index contributed by atoms with van der Waals surface area (Å²) >= 11 is 0. The van der Waals surface area contributed by atoms with Crippen LogP contribution in [0.4, 0.5) is 4.79 Å². The fraction of sp³-hybridized carbons (Fsp3) is 0.643. The molecule has 3 N–H and O–H groups in total. The Morgan fingerprint density at radius 2 is 2.19 bits per heavy atom. The zero-order valence-electron chi connectivity index (χ0n) is 11.8. The number of carboxylic acids is 1. The van der Waals surface area contributed by atoms with Gasteiger partial charge in [-0.2, -0.15) is 0 Å². The molecule has 2 aliphatic rings. The van der Waals surface area contributed by atoms with Crippen LogP contribution in [-0.2, 0) is 11.2 Å². The van der Waals surface area contributed by atoms with Gasteiger partial charge in [0.05, 0.1) is 6.33 Å². The molecule has 3 rings (SSSR count). The first kappa shape index (κ1) is 13.9. The second-order valence-electron chi connectivity index (χ2n) is 5.95. The van der Waals surface area contributed by atoms with Gasteiger partial charge >= 0.3 is 12.0 Å². The van der Waals surface area contributed by atoms with Crippen molar-refractivity contribution in [2.24, 2.45) is 5.92 Å². The van der Waals surface area contributed by atoms with Crippen LogP contribution in [0.3, 0.4) is 0 Å². The SMILES string of the molecule is O=C(O)[C@H](Cc1cnc[nH]1)NC(=O)N(CC1CC1)C1CC1. The molecule has 21 heavy (non-hydrogen) atoms. The normalized spacial score (nSPS) is 19.0. The van der Waals surface area contributed by atoms with E-state index in [-0.39, 0.29) is 12.5 Å². The van der Waals surface area contributed by atoms with Crippen molar-refractivity contribution in [3.8, 4) is 0 Å². The third-order valence-electron chi connectivity index (χ3n) is 3.98. The number of nitrogens with zero attached hydrogens (tertiary/aromatic N) is 2. The van der Waals surface area contributed by atoms with Crippen LogP contribution in [0.15, 0.2) is 12.5 Å². The first-order chi connectivity index (χ1) is 10.1. The maximum absolute atomic E-state index is 12.4. The van der Waals surface area contributed by atoms with Crippen molar-refractivity contribution in [3.63, 3.8) is 0 Å². The van der Waals surface area contributed by atoms with Crippen LogP contribution in [0.5, 0.6) is 0 Å². The van der Waals surface area contributed by atoms with Gasteiger partial charge in [0.25, 0.3) is 0 Å². The minimum absolute atomic E-state index is 0.211. The van der Waals surface area contributed by atoms with Gasteiger partial charge in [-0.25, -0.2) is 14.6 Å². The van der Waals surface area contributed by atoms with E-state index in [0.29, 0.717) is 17.7 Å². The molecule has 7 nitrogen and oxygen atoms in total. The van der Waals surface area contributed by atoms with Crippen molar-refractivity contribution < 1.29 is 14.7 Å². The van der Waals surface area contributed by atoms with Gasteiger partial charge in [-0.3, -0.25) is 0 Å². The first-order valence-electron chi connectivity index (χ1n) is 7.40. The van der Waals surface area contributed by atoms with E-state index in [1.54, 1.807) is 6.20 Å². The lowest BCUT2D eigenvalue weighted by atomic mass is 10.1. The second-order valence-corrected chi connectivity index (χ2v) is 5.95. The molecule has 7 heteroatoms. The topological polar surface area (TPSA) is 98.3 Å². The molecule has 0 radical (unpaired) electrons. The van der Waals surface area contributed by atoms with Crippen LogP contribution < -0.4 is 5.32 Å². The molecular formula is C14H20N4O3. The van der Waals surface area contributed by atoms with Crippen LogP contribution in [0.1, 0.15) is 31.4 Å². The molecule has 0 saturated heterocycles. The molecular weight excluding hydrogens is 272 g/mol. The smallest absolute Gasteiger partial charge is 0.326 e. The number of amides is 2. The average molecular weight is 292 g/mol. The molecule has 2 aliphatic carbocycles. The minimum Gasteiger partial charge on any atom is -0.480 e. The monoisotopic (exact) mass is 292 g/mol. The van der Waals surface area contributed by atoms with Crippen LogP contribution in [0.2, 0.25) is 0 Å². The number of imidazole rings is 1. The van der Waals surface area contributed by atoms with Gasteiger partial charge in [0.2, 0.25) is 0 Å². The number of carbonyl (C=O) groups excluding carboxylic acids is 1. The Balaban J connectivity index is 1.60. The van der Waals surface area contributed by atoms with Gasteiger partial charge in [-0.05, 0) is 31.6 Å². The maximum atomic E-state index is 12.4. The molecule has 1 heterocycles. The van der Waals surface area contributed by atoms with E-state index in [1.807, 2.05) is 4.90 Å². The second kappa shape index (κ2) is 5.75. The molecule has 1 aromatic heterocycles. The number of nitrogens with one attached hydrogen (secondary N) is 2. The summed E-state index contributed by atoms with van der Waals surface area (Å²) in [4.78, 5) is 32.2. The Bertz CT molecular complexity index is 508. The number of aliphatic carboxylic acids is 1. The minimum atomic E-state index is -1.03. The van der Waals surface area contributed by atoms with Gasteiger partial charge in [-0.15, -0.1) is 0 Å². The molecule has 114 valence electrons. The summed E-state index contributed by atoms with van der Waals surface area (Å²) in [6, 6.07) is -0.887. The molecule has 0 unspecified atom stereocenters. The van der Waals surface area contributed by atoms with Crippen molar-refractivity contribution in [1.29, 1.82) is 0 Å². The molecule has 0 aliphatic heterocycles. The molecule has 0 spiro atoms. The van der Waals surface area contributed by atoms with Crippen LogP contribution in [0.25, 0.3) is 0 Å². The van der Waals surface area contributed by atoms with Crippen LogP contribution >= 0.6 is 0 Å². The van der Waals surface area contributed by atoms with E-state index in [9.17, 15) is 14.7 Å². The Morgan fingerprint density at radius 3 is 2.71 bits per heavy atom. The fourth-order valence-corrected chi connectivity index (χ4v) is 2.41. The highest BCUT2D eigenvalue weighted by atomic mass is 16.4. The summed E-state index contributed by atoms with van der Waals surface area (Å²) in [5.41, 5.74) is 0.697. The standard InChI is InChI=1S/C14H20N4O3/c19-13(20)12(5-10-6-15-8-16-10)17-14(21)18(11-3-4-11)7-9-1-2-9/h6,8-9,11-12H,1-5,7H2,(H,15,16)(H,17,21)(H,19,20)/t12-/m0/s1. The Kier molecular flexibility index (Phi) is 3.81. The van der Waals surface area contributed by atoms with E-state index < -0.39 is 12.0 Å². The maximum Gasteiger partial charge on any atom is 0.326 e. The highest BCUT2D eigenvalue weighted by Crippen LogP contribution is 2.34. The predicted molar refractivity (Wildman–Crippen MR) is 74.7 cm³/mol. The highest BCUT2D eigenvalue weighted by Gasteiger charge is 2.37. The Hall–Kier alpha value is -2.05. The van der Waals surface area contributed by atoms with Gasteiger partial charge < -0.3 is 20.3 Å². The third-order valence-corrected chi connectivity index (χ3v) is 3.98. The molecule has 0 bridgehead atoms. The molecule has 1 atom stereocenters. The summed E-state index contributed by atoms with van der Waals surface area (Å²) in [7, 11) is 0. The molecule has 2 fully saturated rings. The van der Waals surface area contributed by atoms with E-state index in [2.05, 4.69) is 15.3 Å². The zero-order valence-corrected chi connectivity index (χ0v) is 11.8. The lowest BCUT2D eigenvalue weighted by Gasteiger charge is -2.25. The summed E-state index contributed by atoms with van der Waals surface area (Å²) in [5.74, 6) is -0.424. The van der Waals surface area contributed by atoms with Gasteiger partial charge in [-0.1, -0.05) is 0 Å². The van der Waals surface area contributed by atoms with E-state index in [4.69, 9.17) is 0 Å². The zero-order chi connectivity index (χ0) is 14.8. The number of rotatable bonds is 7. The number of aromatic nitrogens is 2. The Labute approximate surface area is 122 Å². The average Bonchev–Trinajstić information content (AvgIpc) is 3.36. The first-order valence-corrected chi connectivity index (χ1v) is 7.40. The summed E-state index contributed by atoms with van der Waals surface area (Å²) in [6.45, 7) is 0.757. The third kappa shape index (κ3) is 3.74. The van der Waals surface area contributed by atoms with Crippen molar-refractivity contribution in [3.05, 3.63) is 18.2 Å². The number of hydrogen-bond acceptors (Lipinski definition) is 3. The van der Waals surface area contributed by atoms with Crippen molar-refractivity contribution in [2.45, 2.75) is 44.2 Å². The summed E-state index contributed by atoms with van der Waals surface area (Å²) in [6.07, 6.45) is 7.69. The lowest BCUT2D eigenvalue weighted by Crippen LogP contribution is -2.50. The lowest BCUT2D eigenvalue weighted by molar-refractivity contribution is -0.139. The van der Waals surface area contributed by atoms with Gasteiger partial charge in [0, 0.05) is 30.9 Å². The van der Waals surface area contributed by atoms with Gasteiger partial charge in [0.15, 0.2) is 0 Å². The van der Waals surface area contributed by atoms with E-state index in [0.717, 1.165) is 19.4 Å². The summed E-state index contributed by atoms with van der Waals surface area (Å²) in [5, 5.41) is 11.9. The van der Waals surface area contributed by atoms with E-state index in [1.165, 1.54) is 19.2 Å². The number of aromatic amines is 1. The number of H-pyrrole nitrogens is 1. The number of urea groups is 1. The van der Waals surface area contributed by atoms with Crippen molar-refractivity contribution >= 4 is 12.0 Å². The Morgan fingerprint density at radius 1 is 1.43 bits per heavy atom. The molecule has 1 aromatic rings. The van der Waals surface area contributed by atoms with Gasteiger partial charge in [0.1, 0.15) is 6.04 Å². The van der Waals surface area contributed by atoms with Crippen LogP contribution in [0, 0.1) is 5.92 Å². The van der Waals surface area contributed by atoms with Crippen molar-refractivity contribution in [2.75, 3.05) is 6.54 Å². The summed E-state index contributed by atoms with van der Waals surface area (Å²) < 4.78 is 0. The molecule has 2 saturated carbocycles. The largest absolute Gasteiger partial charge is 0.480 e.